The maximum atomic E-state index is 16.5. The Balaban J connectivity index is 0.657. The van der Waals surface area contributed by atoms with Crippen molar-refractivity contribution in [2.75, 3.05) is 16.0 Å². The second-order valence-corrected chi connectivity index (χ2v) is 34.9. The highest BCUT2D eigenvalue weighted by molar-refractivity contribution is 7.48. The van der Waals surface area contributed by atoms with Crippen molar-refractivity contribution in [2.24, 2.45) is 15.0 Å². The van der Waals surface area contributed by atoms with Gasteiger partial charge < -0.3 is 43.9 Å². The van der Waals surface area contributed by atoms with Crippen molar-refractivity contribution in [3.63, 3.8) is 0 Å². The molecule has 12 aromatic carbocycles. The third kappa shape index (κ3) is 23.4. The number of aromatic nitrogens is 6. The number of halogens is 9. The topological polar surface area (TPSA) is 302 Å². The summed E-state index contributed by atoms with van der Waals surface area (Å²) in [5.41, 5.74) is -0.540. The van der Waals surface area contributed by atoms with Crippen LogP contribution < -0.4 is 46.4 Å². The molecule has 0 atom stereocenters. The maximum Gasteiger partial charge on any atom is 0.480 e. The summed E-state index contributed by atoms with van der Waals surface area (Å²) in [7, 11) is -5.50. The first kappa shape index (κ1) is 98.5. The van der Waals surface area contributed by atoms with Crippen LogP contribution in [0.2, 0.25) is 15.1 Å². The van der Waals surface area contributed by atoms with Gasteiger partial charge in [0.2, 0.25) is 16.3 Å². The number of ether oxygens (including phenoxy) is 3. The summed E-state index contributed by atoms with van der Waals surface area (Å²) in [6.07, 6.45) is 10.3. The summed E-state index contributed by atoms with van der Waals surface area (Å²) in [6.45, 7) is -3.12. The number of amides is 3. The molecule has 0 bridgehead atoms. The molecule has 3 amide bonds. The average molecular weight is 2030 g/mol. The van der Waals surface area contributed by atoms with Gasteiger partial charge in [0.1, 0.15) is 69.4 Å². The number of hydrogen-bond acceptors (Lipinski definition) is 19. The van der Waals surface area contributed by atoms with Crippen LogP contribution in [0.15, 0.2) is 413 Å². The molecule has 0 fully saturated rings. The number of nitrogens with one attached hydrogen (secondary N) is 3. The number of phosphoric acid groups is 1. The fourth-order valence-electron chi connectivity index (χ4n) is 15.1. The number of carbonyl (C=O) groups is 3. The third-order valence-corrected chi connectivity index (χ3v) is 24.6. The van der Waals surface area contributed by atoms with E-state index in [1.165, 1.54) is 110 Å². The summed E-state index contributed by atoms with van der Waals surface area (Å²) in [4.78, 5) is 116. The fourth-order valence-corrected chi connectivity index (χ4v) is 16.7. The van der Waals surface area contributed by atoms with E-state index < -0.39 is 114 Å². The first-order valence-electron chi connectivity index (χ1n) is 44.3. The number of pyridine rings is 6. The van der Waals surface area contributed by atoms with Gasteiger partial charge in [-0.3, -0.25) is 42.3 Å². The van der Waals surface area contributed by atoms with Crippen LogP contribution in [0.5, 0.6) is 34.5 Å². The molecular weight excluding hydrogens is 1960 g/mol. The third-order valence-electron chi connectivity index (χ3n) is 22.2. The van der Waals surface area contributed by atoms with Crippen LogP contribution in [0.3, 0.4) is 0 Å². The lowest BCUT2D eigenvalue weighted by molar-refractivity contribution is 0.0534. The normalized spacial score (nSPS) is 11.1. The fraction of sp³-hybridized carbons (Fsp3) is 0.0270. The Hall–Kier alpha value is -17.7. The average Bonchev–Trinajstić information content (AvgIpc) is 0.786. The van der Waals surface area contributed by atoms with E-state index in [0.717, 1.165) is 139 Å². The number of nitrogens with zero attached hydrogens (tertiary/aromatic N) is 9. The first-order chi connectivity index (χ1) is 70.8. The second-order valence-electron chi connectivity index (χ2n) is 32.1. The lowest BCUT2D eigenvalue weighted by atomic mass is 10.0. The van der Waals surface area contributed by atoms with E-state index in [1.54, 1.807) is 0 Å². The van der Waals surface area contributed by atoms with Crippen LogP contribution in [0.4, 0.5) is 60.9 Å². The standard InChI is InChI=1S/C111H72Cl3F6N12O13P/c112-97-94(49-52-121-106(97)127-100(70-19-7-1-8-20-70)71-21-9-2-10-22-71)143-91-46-43-79(55-88(91)118)124-109(136)85-61-130(58-82(103(85)133)67-31-37-76(115)38-32-67)64-140-146(139,141-65-131-59-83(68-33-39-77(116)40-34-68)104(134)86(62-131)110(137)125-80-44-47-92(89(119)56-80)144-95-50-53-122-107(98(95)113)128-101(72-23-11-3-12-24-72)73-25-13-4-14-26-73)142-66-132-60-84(69-35-41-78(117)42-36-69)105(135)87(63-132)111(138)126-81-45-48-93(90(120)57-81)145-96-51-54-123-108(99(96)114)129-102(74-27-15-5-16-28-74)75-29-17-6-18-30-75/h1-63H,64-66H2,(H,124,136)(H,125,137)(H,126,138). The van der Waals surface area contributed by atoms with E-state index >= 15 is 17.7 Å². The zero-order chi connectivity index (χ0) is 101. The predicted octanol–water partition coefficient (Wildman–Crippen LogP) is 26.2. The van der Waals surface area contributed by atoms with Crippen LogP contribution in [-0.4, -0.2) is 63.5 Å². The summed E-state index contributed by atoms with van der Waals surface area (Å²) >= 11 is 20.7. The van der Waals surface area contributed by atoms with Crippen LogP contribution in [0.25, 0.3) is 33.4 Å². The molecule has 146 heavy (non-hydrogen) atoms. The van der Waals surface area contributed by atoms with Gasteiger partial charge in [0, 0.05) is 159 Å². The molecule has 0 spiro atoms. The Kier molecular flexibility index (Phi) is 30.1. The van der Waals surface area contributed by atoms with E-state index in [0.29, 0.717) is 17.1 Å². The number of benzene rings is 12. The monoisotopic (exact) mass is 2030 g/mol. The molecule has 6 aromatic heterocycles. The minimum atomic E-state index is -5.50. The van der Waals surface area contributed by atoms with E-state index in [1.807, 2.05) is 182 Å². The number of phosphoric ester groups is 1. The number of aliphatic imine (C=N–C) groups is 3. The largest absolute Gasteiger partial charge is 0.480 e. The van der Waals surface area contributed by atoms with Gasteiger partial charge in [0.05, 0.1) is 17.1 Å². The van der Waals surface area contributed by atoms with Crippen LogP contribution in [-0.2, 0) is 38.3 Å². The molecule has 3 N–H and O–H groups in total. The molecule has 6 heterocycles. The quantitative estimate of drug-likeness (QED) is 0.0196. The Morgan fingerprint density at radius 3 is 0.760 bits per heavy atom. The highest BCUT2D eigenvalue weighted by Gasteiger charge is 2.32. The number of anilines is 3. The number of rotatable bonds is 33. The van der Waals surface area contributed by atoms with Gasteiger partial charge in [-0.2, -0.15) is 0 Å². The number of hydrogen-bond donors (Lipinski definition) is 3. The Morgan fingerprint density at radius 1 is 0.301 bits per heavy atom. The molecule has 0 aliphatic rings. The molecule has 722 valence electrons. The summed E-state index contributed by atoms with van der Waals surface area (Å²) in [5, 5.41) is 7.27. The second kappa shape index (κ2) is 44.6. The zero-order valence-corrected chi connectivity index (χ0v) is 78.8. The smallest absolute Gasteiger partial charge is 0.453 e. The molecule has 0 saturated heterocycles. The molecule has 0 radical (unpaired) electrons. The molecule has 0 aliphatic heterocycles. The predicted molar refractivity (Wildman–Crippen MR) is 545 cm³/mol. The lowest BCUT2D eigenvalue weighted by Crippen LogP contribution is -2.25. The molecular formula is C111H72Cl3F6N12O13P. The minimum absolute atomic E-state index is 0.0223. The van der Waals surface area contributed by atoms with Gasteiger partial charge in [-0.15, -0.1) is 0 Å². The Morgan fingerprint density at radius 2 is 0.534 bits per heavy atom. The molecule has 18 rings (SSSR count). The van der Waals surface area contributed by atoms with Crippen molar-refractivity contribution in [1.82, 2.24) is 28.7 Å². The number of carbonyl (C=O) groups excluding carboxylic acids is 3. The van der Waals surface area contributed by atoms with E-state index in [2.05, 4.69) is 30.9 Å². The van der Waals surface area contributed by atoms with Gasteiger partial charge in [-0.25, -0.2) is 60.8 Å². The lowest BCUT2D eigenvalue weighted by Gasteiger charge is -2.22. The van der Waals surface area contributed by atoms with Gasteiger partial charge in [-0.1, -0.05) is 253 Å². The molecule has 0 aliphatic carbocycles. The van der Waals surface area contributed by atoms with Crippen LogP contribution in [0.1, 0.15) is 64.5 Å². The van der Waals surface area contributed by atoms with Crippen molar-refractivity contribution >= 4 is 112 Å². The summed E-state index contributed by atoms with van der Waals surface area (Å²) in [6, 6.07) is 83.0. The van der Waals surface area contributed by atoms with E-state index in [4.69, 9.17) is 77.6 Å². The van der Waals surface area contributed by atoms with E-state index in [9.17, 15) is 41.9 Å². The SMILES string of the molecule is O=C(Nc1ccc(Oc2ccnc(N=C(c3ccccc3)c3ccccc3)c2Cl)c(F)c1)c1cn(COP(=O)(OCn2cc(C(=O)Nc3ccc(Oc4ccnc(N=C(c5ccccc5)c5ccccc5)c4Cl)c(F)c3)c(=O)c(-c3ccc(F)cc3)c2)OCn2cc(C(=O)Nc3ccc(Oc4ccnc(N=C(c5ccccc5)c5ccccc5)c4Cl)c(F)c3)c(=O)c(-c3ccc(F)cc3)c2)cc(-c2ccc(F)cc2)c1=O. The molecule has 35 heteroatoms. The highest BCUT2D eigenvalue weighted by Crippen LogP contribution is 2.51. The van der Waals surface area contributed by atoms with Crippen molar-refractivity contribution in [3.05, 3.63) is 514 Å². The molecule has 18 aromatic rings. The van der Waals surface area contributed by atoms with E-state index in [-0.39, 0.29) is 117 Å². The molecule has 0 unspecified atom stereocenters. The zero-order valence-electron chi connectivity index (χ0n) is 75.7. The van der Waals surface area contributed by atoms with Gasteiger partial charge >= 0.3 is 7.82 Å². The minimum Gasteiger partial charge on any atom is -0.453 e. The van der Waals surface area contributed by atoms with Gasteiger partial charge in [0.25, 0.3) is 17.7 Å². The van der Waals surface area contributed by atoms with Crippen molar-refractivity contribution in [3.8, 4) is 67.9 Å². The molecule has 0 saturated carbocycles. The molecule has 25 nitrogen and oxygen atoms in total. The van der Waals surface area contributed by atoms with Crippen molar-refractivity contribution < 1.29 is 73.1 Å². The maximum absolute atomic E-state index is 16.5. The van der Waals surface area contributed by atoms with Gasteiger partial charge in [-0.05, 0) is 89.5 Å². The van der Waals surface area contributed by atoms with Crippen LogP contribution in [0, 0.1) is 34.9 Å². The van der Waals surface area contributed by atoms with Crippen LogP contribution >= 0.6 is 42.6 Å². The van der Waals surface area contributed by atoms with Crippen molar-refractivity contribution in [1.29, 1.82) is 0 Å². The van der Waals surface area contributed by atoms with Gasteiger partial charge in [0.15, 0.2) is 69.4 Å². The summed E-state index contributed by atoms with van der Waals surface area (Å²) in [5.74, 6) is -9.98. The Bertz CT molecular complexity index is 7460. The Labute approximate surface area is 841 Å². The highest BCUT2D eigenvalue weighted by atomic mass is 35.5. The summed E-state index contributed by atoms with van der Waals surface area (Å²) < 4.78 is 150. The first-order valence-corrected chi connectivity index (χ1v) is 46.9. The van der Waals surface area contributed by atoms with Crippen molar-refractivity contribution in [2.45, 2.75) is 20.2 Å².